The van der Waals surface area contributed by atoms with E-state index in [1.807, 2.05) is 31.2 Å². The van der Waals surface area contributed by atoms with Gasteiger partial charge < -0.3 is 9.88 Å². The smallest absolute Gasteiger partial charge is 0.273 e. The standard InChI is InChI=1S/C12H13N3O/c1-9-4-3-5-10(6-9)14-12(16)11-7-13-8-15(11)2/h3-8H,1-2H3,(H,14,16). The predicted molar refractivity (Wildman–Crippen MR) is 62.3 cm³/mol. The van der Waals surface area contributed by atoms with Crippen LogP contribution in [-0.4, -0.2) is 15.5 Å². The highest BCUT2D eigenvalue weighted by atomic mass is 16.1. The van der Waals surface area contributed by atoms with Crippen molar-refractivity contribution in [2.75, 3.05) is 5.32 Å². The summed E-state index contributed by atoms with van der Waals surface area (Å²) >= 11 is 0. The fourth-order valence-electron chi connectivity index (χ4n) is 1.49. The van der Waals surface area contributed by atoms with Gasteiger partial charge in [-0.25, -0.2) is 4.98 Å². The van der Waals surface area contributed by atoms with Gasteiger partial charge in [-0.15, -0.1) is 0 Å². The van der Waals surface area contributed by atoms with Crippen LogP contribution in [0.1, 0.15) is 16.1 Å². The summed E-state index contributed by atoms with van der Waals surface area (Å²) in [6, 6.07) is 7.68. The van der Waals surface area contributed by atoms with Gasteiger partial charge in [0.15, 0.2) is 0 Å². The molecule has 2 aromatic rings. The largest absolute Gasteiger partial charge is 0.330 e. The van der Waals surface area contributed by atoms with Gasteiger partial charge in [-0.05, 0) is 24.6 Å². The van der Waals surface area contributed by atoms with Crippen LogP contribution in [0.5, 0.6) is 0 Å². The molecule has 0 aliphatic heterocycles. The van der Waals surface area contributed by atoms with Crippen LogP contribution in [0.15, 0.2) is 36.8 Å². The number of carbonyl (C=O) groups excluding carboxylic acids is 1. The van der Waals surface area contributed by atoms with Crippen LogP contribution in [0.25, 0.3) is 0 Å². The number of aryl methyl sites for hydroxylation is 2. The molecular formula is C12H13N3O. The molecule has 0 radical (unpaired) electrons. The minimum Gasteiger partial charge on any atom is -0.330 e. The minimum absolute atomic E-state index is 0.148. The van der Waals surface area contributed by atoms with Crippen LogP contribution in [0.4, 0.5) is 5.69 Å². The minimum atomic E-state index is -0.148. The second-order valence-electron chi connectivity index (χ2n) is 3.71. The molecule has 2 rings (SSSR count). The highest BCUT2D eigenvalue weighted by Gasteiger charge is 2.09. The maximum atomic E-state index is 11.8. The van der Waals surface area contributed by atoms with E-state index in [0.29, 0.717) is 5.69 Å². The topological polar surface area (TPSA) is 46.9 Å². The van der Waals surface area contributed by atoms with Gasteiger partial charge in [-0.2, -0.15) is 0 Å². The Morgan fingerprint density at radius 1 is 1.44 bits per heavy atom. The van der Waals surface area contributed by atoms with Crippen LogP contribution in [-0.2, 0) is 7.05 Å². The van der Waals surface area contributed by atoms with Crippen molar-refractivity contribution in [1.82, 2.24) is 9.55 Å². The molecular weight excluding hydrogens is 202 g/mol. The van der Waals surface area contributed by atoms with Crippen LogP contribution < -0.4 is 5.32 Å². The van der Waals surface area contributed by atoms with Gasteiger partial charge in [0.05, 0.1) is 12.5 Å². The second-order valence-corrected chi connectivity index (χ2v) is 3.71. The first-order valence-electron chi connectivity index (χ1n) is 5.01. The molecule has 0 saturated heterocycles. The molecule has 16 heavy (non-hydrogen) atoms. The average molecular weight is 215 g/mol. The molecule has 1 N–H and O–H groups in total. The third-order valence-electron chi connectivity index (χ3n) is 2.33. The van der Waals surface area contributed by atoms with Gasteiger partial charge in [0.1, 0.15) is 5.69 Å². The Labute approximate surface area is 93.9 Å². The lowest BCUT2D eigenvalue weighted by atomic mass is 10.2. The van der Waals surface area contributed by atoms with Crippen LogP contribution in [0.3, 0.4) is 0 Å². The third kappa shape index (κ3) is 2.11. The zero-order valence-electron chi connectivity index (χ0n) is 9.27. The fourth-order valence-corrected chi connectivity index (χ4v) is 1.49. The van der Waals surface area contributed by atoms with E-state index in [2.05, 4.69) is 10.3 Å². The van der Waals surface area contributed by atoms with Crippen molar-refractivity contribution < 1.29 is 4.79 Å². The highest BCUT2D eigenvalue weighted by molar-refractivity contribution is 6.02. The first kappa shape index (κ1) is 10.4. The number of nitrogens with zero attached hydrogens (tertiary/aromatic N) is 2. The summed E-state index contributed by atoms with van der Waals surface area (Å²) in [5.41, 5.74) is 2.45. The molecule has 4 heteroatoms. The molecule has 0 spiro atoms. The number of hydrogen-bond acceptors (Lipinski definition) is 2. The van der Waals surface area contributed by atoms with Crippen LogP contribution >= 0.6 is 0 Å². The third-order valence-corrected chi connectivity index (χ3v) is 2.33. The number of anilines is 1. The fraction of sp³-hybridized carbons (Fsp3) is 0.167. The van der Waals surface area contributed by atoms with E-state index in [-0.39, 0.29) is 5.91 Å². The van der Waals surface area contributed by atoms with Gasteiger partial charge in [-0.3, -0.25) is 4.79 Å². The average Bonchev–Trinajstić information content (AvgIpc) is 2.64. The quantitative estimate of drug-likeness (QED) is 0.832. The van der Waals surface area contributed by atoms with Crippen molar-refractivity contribution in [3.8, 4) is 0 Å². The molecule has 1 amide bonds. The van der Waals surface area contributed by atoms with E-state index in [1.54, 1.807) is 24.1 Å². The molecule has 1 heterocycles. The van der Waals surface area contributed by atoms with Gasteiger partial charge in [-0.1, -0.05) is 12.1 Å². The summed E-state index contributed by atoms with van der Waals surface area (Å²) in [5.74, 6) is -0.148. The van der Waals surface area contributed by atoms with Gasteiger partial charge >= 0.3 is 0 Å². The Balaban J connectivity index is 2.17. The zero-order valence-corrected chi connectivity index (χ0v) is 9.27. The Morgan fingerprint density at radius 3 is 2.88 bits per heavy atom. The van der Waals surface area contributed by atoms with Crippen molar-refractivity contribution >= 4 is 11.6 Å². The van der Waals surface area contributed by atoms with Gasteiger partial charge in [0, 0.05) is 12.7 Å². The molecule has 0 saturated carbocycles. The monoisotopic (exact) mass is 215 g/mol. The van der Waals surface area contributed by atoms with Crippen molar-refractivity contribution in [3.63, 3.8) is 0 Å². The Bertz CT molecular complexity index is 516. The number of benzene rings is 1. The molecule has 0 aliphatic carbocycles. The molecule has 82 valence electrons. The highest BCUT2D eigenvalue weighted by Crippen LogP contribution is 2.11. The summed E-state index contributed by atoms with van der Waals surface area (Å²) in [6.07, 6.45) is 3.15. The summed E-state index contributed by atoms with van der Waals surface area (Å²) in [6.45, 7) is 1.99. The van der Waals surface area contributed by atoms with Crippen molar-refractivity contribution in [1.29, 1.82) is 0 Å². The number of amides is 1. The van der Waals surface area contributed by atoms with E-state index in [0.717, 1.165) is 11.3 Å². The first-order valence-corrected chi connectivity index (χ1v) is 5.01. The Hall–Kier alpha value is -2.10. The lowest BCUT2D eigenvalue weighted by molar-refractivity contribution is 0.101. The lowest BCUT2D eigenvalue weighted by Gasteiger charge is -2.05. The van der Waals surface area contributed by atoms with E-state index in [4.69, 9.17) is 0 Å². The summed E-state index contributed by atoms with van der Waals surface area (Å²) in [4.78, 5) is 15.7. The van der Waals surface area contributed by atoms with E-state index in [1.165, 1.54) is 0 Å². The van der Waals surface area contributed by atoms with Gasteiger partial charge in [0.2, 0.25) is 0 Å². The van der Waals surface area contributed by atoms with Crippen molar-refractivity contribution in [2.45, 2.75) is 6.92 Å². The molecule has 0 bridgehead atoms. The number of imidazole rings is 1. The maximum Gasteiger partial charge on any atom is 0.273 e. The normalized spacial score (nSPS) is 10.1. The summed E-state index contributed by atoms with van der Waals surface area (Å²) in [5, 5.41) is 2.83. The Kier molecular flexibility index (Phi) is 2.72. The van der Waals surface area contributed by atoms with Crippen LogP contribution in [0.2, 0.25) is 0 Å². The van der Waals surface area contributed by atoms with Gasteiger partial charge in [0.25, 0.3) is 5.91 Å². The zero-order chi connectivity index (χ0) is 11.5. The predicted octanol–water partition coefficient (Wildman–Crippen LogP) is 1.98. The van der Waals surface area contributed by atoms with E-state index >= 15 is 0 Å². The number of carbonyl (C=O) groups is 1. The molecule has 0 aliphatic rings. The number of hydrogen-bond donors (Lipinski definition) is 1. The Morgan fingerprint density at radius 2 is 2.25 bits per heavy atom. The molecule has 0 unspecified atom stereocenters. The first-order chi connectivity index (χ1) is 7.66. The molecule has 1 aromatic carbocycles. The lowest BCUT2D eigenvalue weighted by Crippen LogP contribution is -2.15. The van der Waals surface area contributed by atoms with Crippen LogP contribution in [0, 0.1) is 6.92 Å². The number of aromatic nitrogens is 2. The molecule has 0 fully saturated rings. The van der Waals surface area contributed by atoms with Crippen molar-refractivity contribution in [2.24, 2.45) is 7.05 Å². The SMILES string of the molecule is Cc1cccc(NC(=O)c2cncn2C)c1. The summed E-state index contributed by atoms with van der Waals surface area (Å²) in [7, 11) is 1.79. The maximum absolute atomic E-state index is 11.8. The van der Waals surface area contributed by atoms with E-state index in [9.17, 15) is 4.79 Å². The summed E-state index contributed by atoms with van der Waals surface area (Å²) < 4.78 is 1.69. The number of rotatable bonds is 2. The van der Waals surface area contributed by atoms with E-state index < -0.39 is 0 Å². The molecule has 0 atom stereocenters. The molecule has 1 aromatic heterocycles. The van der Waals surface area contributed by atoms with Crippen molar-refractivity contribution in [3.05, 3.63) is 48.0 Å². The second kappa shape index (κ2) is 4.18. The molecule has 4 nitrogen and oxygen atoms in total. The number of nitrogens with one attached hydrogen (secondary N) is 1.